The molecule has 6 heteroatoms. The molecule has 0 spiro atoms. The fourth-order valence-corrected chi connectivity index (χ4v) is 3.94. The molecule has 134 valence electrons. The van der Waals surface area contributed by atoms with E-state index in [1.807, 2.05) is 37.3 Å². The van der Waals surface area contributed by atoms with Gasteiger partial charge in [-0.2, -0.15) is 0 Å². The molecule has 1 saturated carbocycles. The van der Waals surface area contributed by atoms with Crippen LogP contribution in [0.5, 0.6) is 0 Å². The molecule has 3 rings (SSSR count). The number of carbonyl (C=O) groups is 2. The minimum absolute atomic E-state index is 0.0124. The number of hydrogen-bond donors (Lipinski definition) is 0. The molecule has 0 radical (unpaired) electrons. The quantitative estimate of drug-likeness (QED) is 0.584. The lowest BCUT2D eigenvalue weighted by Gasteiger charge is -2.55. The SMILES string of the molecule is CCOC(=O)[C@@]12C[C@H](OCC)[C@]1(c1ccccc1)N=C(OCC)C2=O. The van der Waals surface area contributed by atoms with Gasteiger partial charge in [-0.3, -0.25) is 9.59 Å². The van der Waals surface area contributed by atoms with Crippen molar-refractivity contribution >= 4 is 17.7 Å². The minimum Gasteiger partial charge on any atom is -0.476 e. The predicted octanol–water partition coefficient (Wildman–Crippen LogP) is 2.26. The van der Waals surface area contributed by atoms with Crippen LogP contribution in [-0.4, -0.2) is 43.6 Å². The van der Waals surface area contributed by atoms with Crippen LogP contribution in [0.3, 0.4) is 0 Å². The van der Waals surface area contributed by atoms with Gasteiger partial charge in [0.2, 0.25) is 5.78 Å². The Kier molecular flexibility index (Phi) is 4.64. The molecule has 1 aliphatic carbocycles. The zero-order valence-electron chi connectivity index (χ0n) is 14.8. The van der Waals surface area contributed by atoms with Gasteiger partial charge in [0.25, 0.3) is 5.90 Å². The van der Waals surface area contributed by atoms with Crippen LogP contribution in [0, 0.1) is 5.41 Å². The lowest BCUT2D eigenvalue weighted by Crippen LogP contribution is -2.69. The zero-order valence-corrected chi connectivity index (χ0v) is 14.8. The van der Waals surface area contributed by atoms with Crippen molar-refractivity contribution in [2.45, 2.75) is 38.8 Å². The number of Topliss-reactive ketones (excluding diaryl/α,β-unsaturated/α-hetero) is 1. The van der Waals surface area contributed by atoms with Crippen LogP contribution in [0.15, 0.2) is 35.3 Å². The summed E-state index contributed by atoms with van der Waals surface area (Å²) in [4.78, 5) is 30.6. The van der Waals surface area contributed by atoms with Crippen molar-refractivity contribution in [3.63, 3.8) is 0 Å². The number of ketones is 1. The minimum atomic E-state index is -1.41. The monoisotopic (exact) mass is 345 g/mol. The van der Waals surface area contributed by atoms with Crippen LogP contribution in [0.1, 0.15) is 32.8 Å². The first-order valence-corrected chi connectivity index (χ1v) is 8.70. The summed E-state index contributed by atoms with van der Waals surface area (Å²) >= 11 is 0. The third-order valence-electron chi connectivity index (χ3n) is 4.95. The van der Waals surface area contributed by atoms with Crippen LogP contribution in [-0.2, 0) is 29.3 Å². The van der Waals surface area contributed by atoms with E-state index < -0.39 is 22.7 Å². The van der Waals surface area contributed by atoms with E-state index >= 15 is 0 Å². The number of ether oxygens (including phenoxy) is 3. The Morgan fingerprint density at radius 3 is 2.48 bits per heavy atom. The Bertz CT molecular complexity index is 701. The van der Waals surface area contributed by atoms with Gasteiger partial charge in [-0.1, -0.05) is 30.3 Å². The Balaban J connectivity index is 2.19. The highest BCUT2D eigenvalue weighted by Gasteiger charge is 2.80. The molecule has 0 aromatic heterocycles. The number of hydrogen-bond acceptors (Lipinski definition) is 6. The van der Waals surface area contributed by atoms with Crippen molar-refractivity contribution in [3.8, 4) is 0 Å². The summed E-state index contributed by atoms with van der Waals surface area (Å²) in [6.07, 6.45) is -0.140. The van der Waals surface area contributed by atoms with E-state index in [0.29, 0.717) is 13.2 Å². The van der Waals surface area contributed by atoms with Crippen LogP contribution in [0.2, 0.25) is 0 Å². The molecule has 1 aromatic carbocycles. The molecule has 0 unspecified atom stereocenters. The van der Waals surface area contributed by atoms with E-state index in [-0.39, 0.29) is 25.0 Å². The Hall–Kier alpha value is -2.21. The molecule has 0 amide bonds. The van der Waals surface area contributed by atoms with E-state index in [2.05, 4.69) is 4.99 Å². The summed E-state index contributed by atoms with van der Waals surface area (Å²) in [5.74, 6) is -0.979. The largest absolute Gasteiger partial charge is 0.476 e. The zero-order chi connectivity index (χ0) is 18.1. The number of fused-ring (bicyclic) bond motifs is 1. The number of carbonyl (C=O) groups excluding carboxylic acids is 2. The molecular weight excluding hydrogens is 322 g/mol. The molecule has 25 heavy (non-hydrogen) atoms. The standard InChI is InChI=1S/C19H23NO5/c1-4-23-14-12-18(17(22)25-6-3)15(21)16(24-5-2)20-19(14,18)13-10-8-7-9-11-13/h7-11,14H,4-6,12H2,1-3H3/t14-,18-,19-/m0/s1. The Labute approximate surface area is 147 Å². The average Bonchev–Trinajstić information content (AvgIpc) is 2.80. The number of aliphatic imine (C=N–C) groups is 1. The molecule has 0 N–H and O–H groups in total. The second-order valence-corrected chi connectivity index (χ2v) is 6.09. The maximum Gasteiger partial charge on any atom is 0.323 e. The van der Waals surface area contributed by atoms with Crippen molar-refractivity contribution in [3.05, 3.63) is 35.9 Å². The fourth-order valence-electron chi connectivity index (χ4n) is 3.94. The van der Waals surface area contributed by atoms with Gasteiger partial charge >= 0.3 is 5.97 Å². The van der Waals surface area contributed by atoms with Crippen molar-refractivity contribution in [1.29, 1.82) is 0 Å². The number of rotatable bonds is 6. The number of esters is 1. The smallest absolute Gasteiger partial charge is 0.323 e. The van der Waals surface area contributed by atoms with Crippen molar-refractivity contribution in [2.24, 2.45) is 10.4 Å². The first kappa shape index (κ1) is 17.6. The number of benzene rings is 1. The van der Waals surface area contributed by atoms with Crippen LogP contribution in [0.4, 0.5) is 0 Å². The van der Waals surface area contributed by atoms with Gasteiger partial charge in [0.1, 0.15) is 5.54 Å². The van der Waals surface area contributed by atoms with Gasteiger partial charge < -0.3 is 14.2 Å². The van der Waals surface area contributed by atoms with E-state index in [4.69, 9.17) is 14.2 Å². The van der Waals surface area contributed by atoms with Gasteiger partial charge in [0.15, 0.2) is 5.41 Å². The first-order valence-electron chi connectivity index (χ1n) is 8.70. The summed E-state index contributed by atoms with van der Waals surface area (Å²) in [7, 11) is 0. The summed E-state index contributed by atoms with van der Waals surface area (Å²) < 4.78 is 16.6. The van der Waals surface area contributed by atoms with E-state index in [1.54, 1.807) is 13.8 Å². The normalized spacial score (nSPS) is 30.3. The lowest BCUT2D eigenvalue weighted by atomic mass is 9.50. The highest BCUT2D eigenvalue weighted by molar-refractivity contribution is 6.45. The van der Waals surface area contributed by atoms with Crippen LogP contribution < -0.4 is 0 Å². The van der Waals surface area contributed by atoms with Crippen molar-refractivity contribution < 1.29 is 23.8 Å². The van der Waals surface area contributed by atoms with Gasteiger partial charge in [-0.15, -0.1) is 0 Å². The third-order valence-corrected chi connectivity index (χ3v) is 4.95. The van der Waals surface area contributed by atoms with E-state index in [0.717, 1.165) is 5.56 Å². The third kappa shape index (κ3) is 2.24. The Morgan fingerprint density at radius 1 is 1.16 bits per heavy atom. The second kappa shape index (κ2) is 6.59. The average molecular weight is 345 g/mol. The van der Waals surface area contributed by atoms with Crippen LogP contribution >= 0.6 is 0 Å². The molecule has 1 heterocycles. The van der Waals surface area contributed by atoms with Crippen molar-refractivity contribution in [1.82, 2.24) is 0 Å². The topological polar surface area (TPSA) is 74.2 Å². The molecule has 3 atom stereocenters. The summed E-state index contributed by atoms with van der Waals surface area (Å²) in [5.41, 5.74) is -1.77. The van der Waals surface area contributed by atoms with Gasteiger partial charge in [0.05, 0.1) is 19.3 Å². The molecular formula is C19H23NO5. The molecule has 1 aromatic rings. The fraction of sp³-hybridized carbons (Fsp3) is 0.526. The number of nitrogens with zero attached hydrogens (tertiary/aromatic N) is 1. The first-order chi connectivity index (χ1) is 12.1. The highest BCUT2D eigenvalue weighted by atomic mass is 16.5. The van der Waals surface area contributed by atoms with Crippen molar-refractivity contribution in [2.75, 3.05) is 19.8 Å². The summed E-state index contributed by atoms with van der Waals surface area (Å²) in [6, 6.07) is 9.33. The van der Waals surface area contributed by atoms with E-state index in [9.17, 15) is 9.59 Å². The van der Waals surface area contributed by atoms with Gasteiger partial charge in [-0.25, -0.2) is 4.99 Å². The molecule has 0 bridgehead atoms. The summed E-state index contributed by atoms with van der Waals surface area (Å²) in [6.45, 7) is 6.35. The van der Waals surface area contributed by atoms with Gasteiger partial charge in [-0.05, 0) is 26.3 Å². The predicted molar refractivity (Wildman–Crippen MR) is 91.3 cm³/mol. The van der Waals surface area contributed by atoms with Crippen LogP contribution in [0.25, 0.3) is 0 Å². The lowest BCUT2D eigenvalue weighted by molar-refractivity contribution is -0.195. The second-order valence-electron chi connectivity index (χ2n) is 6.09. The Morgan fingerprint density at radius 2 is 1.88 bits per heavy atom. The van der Waals surface area contributed by atoms with E-state index in [1.165, 1.54) is 0 Å². The molecule has 1 fully saturated rings. The molecule has 0 saturated heterocycles. The molecule has 6 nitrogen and oxygen atoms in total. The molecule has 2 aliphatic rings. The maximum atomic E-state index is 13.1. The van der Waals surface area contributed by atoms with Gasteiger partial charge in [0, 0.05) is 13.0 Å². The molecule has 1 aliphatic heterocycles. The highest BCUT2D eigenvalue weighted by Crippen LogP contribution is 2.64. The maximum absolute atomic E-state index is 13.1. The summed E-state index contributed by atoms with van der Waals surface area (Å²) in [5, 5.41) is 0.